The summed E-state index contributed by atoms with van der Waals surface area (Å²) in [6, 6.07) is 73.2. The van der Waals surface area contributed by atoms with E-state index in [1.165, 1.54) is 98.5 Å². The van der Waals surface area contributed by atoms with Crippen molar-refractivity contribution in [1.29, 1.82) is 0 Å². The third-order valence-corrected chi connectivity index (χ3v) is 12.2. The second-order valence-electron chi connectivity index (χ2n) is 15.4. The number of aromatic nitrogens is 1. The molecule has 0 saturated carbocycles. The number of aryl methyl sites for hydroxylation is 1. The second-order valence-corrected chi connectivity index (χ2v) is 15.4. The molecule has 0 aliphatic carbocycles. The molecule has 0 spiro atoms. The van der Waals surface area contributed by atoms with Crippen molar-refractivity contribution in [1.82, 2.24) is 4.57 Å². The first-order chi connectivity index (χ1) is 29.2. The zero-order valence-electron chi connectivity index (χ0n) is 32.7. The number of rotatable bonds is 6. The maximum Gasteiger partial charge on any atom is 0.0538 e. The molecular weight excluding hydrogens is 713 g/mol. The van der Waals surface area contributed by atoms with E-state index in [0.717, 1.165) is 16.9 Å². The van der Waals surface area contributed by atoms with Gasteiger partial charge in [-0.25, -0.2) is 0 Å². The highest BCUT2D eigenvalue weighted by Gasteiger charge is 2.19. The first kappa shape index (κ1) is 34.6. The average molecular weight is 753 g/mol. The summed E-state index contributed by atoms with van der Waals surface area (Å²) in [5.74, 6) is 0. The molecule has 0 aliphatic heterocycles. The summed E-state index contributed by atoms with van der Waals surface area (Å²) in [5, 5.41) is 11.3. The molecule has 0 bridgehead atoms. The SMILES string of the molecule is Cc1c(/C=C\N)n(-c2ccccc2)c2ccc(-c3ccc(-c4ccc(-c5c6ccccc6c(-c6cccc7ccccc67)c6ccccc56)cc4)c4ccccc34)cc12. The Kier molecular flexibility index (Phi) is 8.23. The number of para-hydroxylation sites is 1. The van der Waals surface area contributed by atoms with Gasteiger partial charge < -0.3 is 10.3 Å². The number of nitrogens with zero attached hydrogens (tertiary/aromatic N) is 1. The quantitative estimate of drug-likeness (QED) is 0.169. The molecule has 2 N–H and O–H groups in total. The molecule has 0 unspecified atom stereocenters. The summed E-state index contributed by atoms with van der Waals surface area (Å²) >= 11 is 0. The van der Waals surface area contributed by atoms with Gasteiger partial charge in [-0.2, -0.15) is 0 Å². The Morgan fingerprint density at radius 1 is 0.390 bits per heavy atom. The highest BCUT2D eigenvalue weighted by atomic mass is 15.0. The topological polar surface area (TPSA) is 30.9 Å². The highest BCUT2D eigenvalue weighted by Crippen LogP contribution is 2.46. The van der Waals surface area contributed by atoms with Gasteiger partial charge in [-0.15, -0.1) is 0 Å². The monoisotopic (exact) mass is 752 g/mol. The van der Waals surface area contributed by atoms with Crippen LogP contribution in [-0.2, 0) is 0 Å². The molecule has 0 fully saturated rings. The van der Waals surface area contributed by atoms with Crippen molar-refractivity contribution < 1.29 is 0 Å². The Hall–Kier alpha value is -7.68. The Morgan fingerprint density at radius 2 is 0.898 bits per heavy atom. The molecule has 11 aromatic rings. The van der Waals surface area contributed by atoms with Gasteiger partial charge >= 0.3 is 0 Å². The average Bonchev–Trinajstić information content (AvgIpc) is 3.57. The van der Waals surface area contributed by atoms with Crippen LogP contribution in [0.1, 0.15) is 11.3 Å². The molecule has 2 heteroatoms. The highest BCUT2D eigenvalue weighted by molar-refractivity contribution is 6.23. The normalized spacial score (nSPS) is 11.8. The van der Waals surface area contributed by atoms with E-state index in [4.69, 9.17) is 5.73 Å². The number of benzene rings is 10. The molecule has 1 heterocycles. The van der Waals surface area contributed by atoms with E-state index in [-0.39, 0.29) is 0 Å². The smallest absolute Gasteiger partial charge is 0.0538 e. The molecule has 0 amide bonds. The van der Waals surface area contributed by atoms with Gasteiger partial charge in [-0.1, -0.05) is 176 Å². The van der Waals surface area contributed by atoms with Crippen molar-refractivity contribution in [3.63, 3.8) is 0 Å². The molecule has 1 aromatic heterocycles. The van der Waals surface area contributed by atoms with Crippen molar-refractivity contribution in [3.8, 4) is 50.2 Å². The first-order valence-electron chi connectivity index (χ1n) is 20.3. The van der Waals surface area contributed by atoms with Crippen LogP contribution < -0.4 is 5.73 Å². The lowest BCUT2D eigenvalue weighted by Gasteiger charge is -2.19. The lowest BCUT2D eigenvalue weighted by molar-refractivity contribution is 1.10. The van der Waals surface area contributed by atoms with Gasteiger partial charge in [0.25, 0.3) is 0 Å². The van der Waals surface area contributed by atoms with Crippen molar-refractivity contribution >= 4 is 60.1 Å². The van der Waals surface area contributed by atoms with Crippen LogP contribution in [0.15, 0.2) is 206 Å². The van der Waals surface area contributed by atoms with Gasteiger partial charge in [-0.05, 0) is 137 Å². The minimum absolute atomic E-state index is 1.09. The van der Waals surface area contributed by atoms with E-state index in [9.17, 15) is 0 Å². The van der Waals surface area contributed by atoms with Gasteiger partial charge in [-0.3, -0.25) is 0 Å². The third-order valence-electron chi connectivity index (χ3n) is 12.2. The van der Waals surface area contributed by atoms with E-state index in [1.807, 2.05) is 6.08 Å². The summed E-state index contributed by atoms with van der Waals surface area (Å²) in [5.41, 5.74) is 20.4. The van der Waals surface area contributed by atoms with Crippen LogP contribution >= 0.6 is 0 Å². The fourth-order valence-corrected chi connectivity index (χ4v) is 9.57. The molecule has 59 heavy (non-hydrogen) atoms. The lowest BCUT2D eigenvalue weighted by Crippen LogP contribution is -1.97. The molecule has 2 nitrogen and oxygen atoms in total. The van der Waals surface area contributed by atoms with Crippen molar-refractivity contribution in [2.45, 2.75) is 6.92 Å². The molecule has 11 rings (SSSR count). The van der Waals surface area contributed by atoms with Crippen molar-refractivity contribution in [2.75, 3.05) is 0 Å². The van der Waals surface area contributed by atoms with Gasteiger partial charge in [0, 0.05) is 11.1 Å². The van der Waals surface area contributed by atoms with Crippen LogP contribution in [0.5, 0.6) is 0 Å². The number of nitrogens with two attached hydrogens (primary N) is 1. The van der Waals surface area contributed by atoms with Crippen LogP contribution in [0.3, 0.4) is 0 Å². The summed E-state index contributed by atoms with van der Waals surface area (Å²) in [6.45, 7) is 2.19. The Morgan fingerprint density at radius 3 is 1.54 bits per heavy atom. The maximum absolute atomic E-state index is 5.97. The second kappa shape index (κ2) is 14.1. The zero-order chi connectivity index (χ0) is 39.5. The van der Waals surface area contributed by atoms with Crippen LogP contribution in [-0.4, -0.2) is 4.57 Å². The Bertz CT molecular complexity index is 3380. The molecule has 278 valence electrons. The van der Waals surface area contributed by atoms with E-state index < -0.39 is 0 Å². The number of hydrogen-bond donors (Lipinski definition) is 1. The van der Waals surface area contributed by atoms with Crippen LogP contribution in [0.25, 0.3) is 110 Å². The van der Waals surface area contributed by atoms with E-state index in [1.54, 1.807) is 6.20 Å². The van der Waals surface area contributed by atoms with E-state index in [2.05, 4.69) is 212 Å². The summed E-state index contributed by atoms with van der Waals surface area (Å²) in [4.78, 5) is 0. The van der Waals surface area contributed by atoms with Crippen molar-refractivity contribution in [3.05, 3.63) is 218 Å². The van der Waals surface area contributed by atoms with E-state index >= 15 is 0 Å². The minimum Gasteiger partial charge on any atom is -0.405 e. The first-order valence-corrected chi connectivity index (χ1v) is 20.3. The van der Waals surface area contributed by atoms with E-state index in [0.29, 0.717) is 0 Å². The third kappa shape index (κ3) is 5.56. The minimum atomic E-state index is 1.09. The zero-order valence-corrected chi connectivity index (χ0v) is 32.7. The predicted molar refractivity (Wildman–Crippen MR) is 253 cm³/mol. The summed E-state index contributed by atoms with van der Waals surface area (Å²) < 4.78 is 2.30. The number of hydrogen-bond acceptors (Lipinski definition) is 1. The lowest BCUT2D eigenvalue weighted by atomic mass is 9.84. The molecule has 0 radical (unpaired) electrons. The largest absolute Gasteiger partial charge is 0.405 e. The van der Waals surface area contributed by atoms with Gasteiger partial charge in [0.2, 0.25) is 0 Å². The Balaban J connectivity index is 1.03. The molecule has 0 atom stereocenters. The Labute approximate surface area is 343 Å². The van der Waals surface area contributed by atoms with Crippen molar-refractivity contribution in [2.24, 2.45) is 5.73 Å². The fourth-order valence-electron chi connectivity index (χ4n) is 9.57. The van der Waals surface area contributed by atoms with Gasteiger partial charge in [0.05, 0.1) is 11.2 Å². The van der Waals surface area contributed by atoms with Crippen LogP contribution in [0, 0.1) is 6.92 Å². The van der Waals surface area contributed by atoms with Gasteiger partial charge in [0.15, 0.2) is 0 Å². The predicted octanol–water partition coefficient (Wildman–Crippen LogP) is 15.1. The van der Waals surface area contributed by atoms with Crippen LogP contribution in [0.4, 0.5) is 0 Å². The maximum atomic E-state index is 5.97. The standard InChI is InChI=1S/C57H40N2/c1-37-53-36-41(30-33-55(53)59(54(37)34-35-58)42-16-3-2-4-17-42)45-32-31-44(46-19-7-8-20-47(45)46)39-26-28-40(29-27-39)56-49-21-9-11-23-51(49)57(52-24-12-10-22-50(52)56)48-25-13-15-38-14-5-6-18-43(38)48/h2-36H,58H2,1H3/b35-34-. The summed E-state index contributed by atoms with van der Waals surface area (Å²) in [7, 11) is 0. The van der Waals surface area contributed by atoms with Gasteiger partial charge in [0.1, 0.15) is 0 Å². The molecular formula is C57H40N2. The molecule has 0 saturated heterocycles. The fraction of sp³-hybridized carbons (Fsp3) is 0.0175. The molecule has 0 aliphatic rings. The number of fused-ring (bicyclic) bond motifs is 5. The van der Waals surface area contributed by atoms with Crippen LogP contribution in [0.2, 0.25) is 0 Å². The summed E-state index contributed by atoms with van der Waals surface area (Å²) in [6.07, 6.45) is 3.64. The molecule has 10 aromatic carbocycles.